The largest absolute Gasteiger partial charge is 0.290 e. The predicted molar refractivity (Wildman–Crippen MR) is 52.8 cm³/mol. The average molecular weight is 201 g/mol. The van der Waals surface area contributed by atoms with Gasteiger partial charge in [-0.25, -0.2) is 4.99 Å². The highest BCUT2D eigenvalue weighted by molar-refractivity contribution is 8.14. The number of aliphatic imine (C=N–C) groups is 1. The molecule has 13 heavy (non-hydrogen) atoms. The van der Waals surface area contributed by atoms with E-state index in [1.54, 1.807) is 19.1 Å². The van der Waals surface area contributed by atoms with Crippen LogP contribution in [0, 0.1) is 0 Å². The Morgan fingerprint density at radius 3 is 2.46 bits per heavy atom. The third-order valence-electron chi connectivity index (χ3n) is 1.30. The summed E-state index contributed by atoms with van der Waals surface area (Å²) in [4.78, 5) is 4.00. The smallest absolute Gasteiger partial charge is 0.247 e. The van der Waals surface area contributed by atoms with Crippen molar-refractivity contribution in [1.82, 2.24) is 0 Å². The second-order valence-corrected chi connectivity index (χ2v) is 3.53. The lowest BCUT2D eigenvalue weighted by Gasteiger charge is -1.98. The van der Waals surface area contributed by atoms with Crippen molar-refractivity contribution in [2.75, 3.05) is 0 Å². The van der Waals surface area contributed by atoms with Gasteiger partial charge in [0, 0.05) is 0 Å². The molecule has 0 spiro atoms. The SMILES string of the molecule is CC(=Nc1ccccc1)SC(F)F. The van der Waals surface area contributed by atoms with E-state index in [-0.39, 0.29) is 0 Å². The van der Waals surface area contributed by atoms with Gasteiger partial charge in [0.1, 0.15) is 0 Å². The van der Waals surface area contributed by atoms with E-state index in [1.807, 2.05) is 18.2 Å². The highest BCUT2D eigenvalue weighted by Gasteiger charge is 2.04. The highest BCUT2D eigenvalue weighted by Crippen LogP contribution is 2.19. The van der Waals surface area contributed by atoms with E-state index in [0.717, 1.165) is 0 Å². The maximum absolute atomic E-state index is 11.9. The first-order valence-corrected chi connectivity index (χ1v) is 4.61. The number of hydrogen-bond donors (Lipinski definition) is 0. The van der Waals surface area contributed by atoms with Gasteiger partial charge in [-0.05, 0) is 30.8 Å². The van der Waals surface area contributed by atoms with Crippen molar-refractivity contribution >= 4 is 22.5 Å². The Balaban J connectivity index is 2.66. The normalized spacial score (nSPS) is 12.2. The van der Waals surface area contributed by atoms with E-state index >= 15 is 0 Å². The zero-order valence-electron chi connectivity index (χ0n) is 7.08. The van der Waals surface area contributed by atoms with Gasteiger partial charge in [-0.1, -0.05) is 18.2 Å². The Labute approximate surface area is 79.9 Å². The lowest BCUT2D eigenvalue weighted by atomic mass is 10.3. The first-order valence-electron chi connectivity index (χ1n) is 3.73. The van der Waals surface area contributed by atoms with Crippen molar-refractivity contribution in [3.63, 3.8) is 0 Å². The van der Waals surface area contributed by atoms with Gasteiger partial charge < -0.3 is 0 Å². The van der Waals surface area contributed by atoms with Crippen molar-refractivity contribution in [3.8, 4) is 0 Å². The topological polar surface area (TPSA) is 12.4 Å². The predicted octanol–water partition coefficient (Wildman–Crippen LogP) is 3.69. The molecule has 0 bridgehead atoms. The van der Waals surface area contributed by atoms with E-state index in [2.05, 4.69) is 4.99 Å². The fourth-order valence-electron chi connectivity index (χ4n) is 0.840. The maximum atomic E-state index is 11.9. The monoisotopic (exact) mass is 201 g/mol. The van der Waals surface area contributed by atoms with E-state index in [1.165, 1.54) is 0 Å². The Kier molecular flexibility index (Phi) is 3.89. The minimum absolute atomic E-state index is 0.376. The van der Waals surface area contributed by atoms with E-state index in [0.29, 0.717) is 22.5 Å². The molecule has 1 aromatic rings. The molecule has 0 fully saturated rings. The van der Waals surface area contributed by atoms with Gasteiger partial charge in [0.2, 0.25) is 0 Å². The Morgan fingerprint density at radius 2 is 1.92 bits per heavy atom. The number of para-hydroxylation sites is 1. The van der Waals surface area contributed by atoms with Crippen LogP contribution in [0.5, 0.6) is 0 Å². The molecule has 0 saturated carbocycles. The van der Waals surface area contributed by atoms with Crippen LogP contribution in [0.2, 0.25) is 0 Å². The Hall–Kier alpha value is -0.900. The van der Waals surface area contributed by atoms with Crippen LogP contribution in [-0.4, -0.2) is 10.8 Å². The molecule has 0 heterocycles. The van der Waals surface area contributed by atoms with Crippen LogP contribution in [0.15, 0.2) is 35.3 Å². The molecule has 0 unspecified atom stereocenters. The third-order valence-corrected chi connectivity index (χ3v) is 1.91. The second-order valence-electron chi connectivity index (χ2n) is 2.34. The van der Waals surface area contributed by atoms with Crippen LogP contribution in [0.1, 0.15) is 6.92 Å². The van der Waals surface area contributed by atoms with Crippen molar-refractivity contribution < 1.29 is 8.78 Å². The Morgan fingerprint density at radius 1 is 1.31 bits per heavy atom. The summed E-state index contributed by atoms with van der Waals surface area (Å²) >= 11 is 0.466. The molecule has 70 valence electrons. The van der Waals surface area contributed by atoms with Crippen LogP contribution in [-0.2, 0) is 0 Å². The molecule has 0 aliphatic carbocycles. The number of alkyl halides is 2. The summed E-state index contributed by atoms with van der Waals surface area (Å²) in [5.74, 6) is -2.40. The summed E-state index contributed by atoms with van der Waals surface area (Å²) in [7, 11) is 0. The van der Waals surface area contributed by atoms with Crippen LogP contribution in [0.4, 0.5) is 14.5 Å². The fraction of sp³-hybridized carbons (Fsp3) is 0.222. The average Bonchev–Trinajstić information content (AvgIpc) is 2.04. The minimum Gasteiger partial charge on any atom is -0.247 e. The van der Waals surface area contributed by atoms with Crippen molar-refractivity contribution in [2.24, 2.45) is 4.99 Å². The molecule has 0 N–H and O–H groups in total. The van der Waals surface area contributed by atoms with Gasteiger partial charge in [-0.2, -0.15) is 8.78 Å². The van der Waals surface area contributed by atoms with E-state index < -0.39 is 5.76 Å². The molecular formula is C9H9F2NS. The molecule has 0 radical (unpaired) electrons. The lowest BCUT2D eigenvalue weighted by Crippen LogP contribution is -1.89. The molecule has 0 amide bonds. The number of rotatable bonds is 2. The summed E-state index contributed by atoms with van der Waals surface area (Å²) in [6.45, 7) is 1.57. The van der Waals surface area contributed by atoms with Crippen LogP contribution in [0.3, 0.4) is 0 Å². The summed E-state index contributed by atoms with van der Waals surface area (Å²) < 4.78 is 23.7. The van der Waals surface area contributed by atoms with Crippen LogP contribution >= 0.6 is 11.8 Å². The molecule has 1 rings (SSSR count). The standard InChI is InChI=1S/C9H9F2NS/c1-7(13-9(10)11)12-8-5-3-2-4-6-8/h2-6,9H,1H3. The highest BCUT2D eigenvalue weighted by atomic mass is 32.2. The second kappa shape index (κ2) is 4.97. The van der Waals surface area contributed by atoms with Crippen LogP contribution < -0.4 is 0 Å². The van der Waals surface area contributed by atoms with E-state index in [9.17, 15) is 8.78 Å². The molecule has 0 saturated heterocycles. The van der Waals surface area contributed by atoms with Crippen molar-refractivity contribution in [3.05, 3.63) is 30.3 Å². The molecule has 0 aromatic heterocycles. The number of hydrogen-bond acceptors (Lipinski definition) is 2. The third kappa shape index (κ3) is 4.03. The first kappa shape index (κ1) is 10.2. The first-order chi connectivity index (χ1) is 6.18. The molecule has 1 nitrogen and oxygen atoms in total. The molecule has 1 aromatic carbocycles. The van der Waals surface area contributed by atoms with Gasteiger partial charge in [-0.3, -0.25) is 0 Å². The fourth-order valence-corrected chi connectivity index (χ4v) is 1.26. The lowest BCUT2D eigenvalue weighted by molar-refractivity contribution is 0.253. The van der Waals surface area contributed by atoms with Gasteiger partial charge in [-0.15, -0.1) is 0 Å². The summed E-state index contributed by atoms with van der Waals surface area (Å²) in [6, 6.07) is 9.04. The van der Waals surface area contributed by atoms with Gasteiger partial charge in [0.05, 0.1) is 10.7 Å². The van der Waals surface area contributed by atoms with Crippen LogP contribution in [0.25, 0.3) is 0 Å². The van der Waals surface area contributed by atoms with Gasteiger partial charge in [0.25, 0.3) is 5.76 Å². The quantitative estimate of drug-likeness (QED) is 0.525. The van der Waals surface area contributed by atoms with Gasteiger partial charge in [0.15, 0.2) is 0 Å². The summed E-state index contributed by atoms with van der Waals surface area (Å²) in [6.07, 6.45) is 0. The zero-order valence-corrected chi connectivity index (χ0v) is 7.89. The maximum Gasteiger partial charge on any atom is 0.290 e. The summed E-state index contributed by atoms with van der Waals surface area (Å²) in [5, 5.41) is 0.376. The van der Waals surface area contributed by atoms with E-state index in [4.69, 9.17) is 0 Å². The van der Waals surface area contributed by atoms with Gasteiger partial charge >= 0.3 is 0 Å². The van der Waals surface area contributed by atoms with Crippen molar-refractivity contribution in [1.29, 1.82) is 0 Å². The Bertz CT molecular complexity index is 285. The zero-order chi connectivity index (χ0) is 9.68. The molecule has 0 aliphatic heterocycles. The number of thioether (sulfide) groups is 1. The summed E-state index contributed by atoms with van der Waals surface area (Å²) in [5.41, 5.74) is 0.702. The number of nitrogens with zero attached hydrogens (tertiary/aromatic N) is 1. The molecular weight excluding hydrogens is 192 g/mol. The molecule has 4 heteroatoms. The molecule has 0 atom stereocenters. The molecule has 0 aliphatic rings. The van der Waals surface area contributed by atoms with Crippen molar-refractivity contribution in [2.45, 2.75) is 12.7 Å². The number of halogens is 2. The number of benzene rings is 1. The minimum atomic E-state index is -2.40.